The molecule has 10 saturated heterocycles. The Kier molecular flexibility index (Phi) is 0.141. The molecule has 0 amide bonds. The molecular formula is C12H15ClFe. The molecular weight excluding hydrogens is 235 g/mol. The molecule has 0 aromatic rings. The summed E-state index contributed by atoms with van der Waals surface area (Å²) in [5.41, 5.74) is 0. The Morgan fingerprint density at radius 1 is 0.786 bits per heavy atom. The van der Waals surface area contributed by atoms with Gasteiger partial charge in [0, 0.05) is 6.38 Å². The van der Waals surface area contributed by atoms with Gasteiger partial charge >= 0.3 is 61.1 Å². The summed E-state index contributed by atoms with van der Waals surface area (Å²) in [4.78, 5) is 14.0. The van der Waals surface area contributed by atoms with Crippen LogP contribution >= 0.6 is 11.6 Å². The maximum absolute atomic E-state index is 4.64. The van der Waals surface area contributed by atoms with E-state index in [0.29, 0.717) is 0 Å². The summed E-state index contributed by atoms with van der Waals surface area (Å²) in [6.07, 6.45) is 1.47. The van der Waals surface area contributed by atoms with Crippen LogP contribution < -0.4 is 0 Å². The maximum atomic E-state index is 4.64. The molecule has 0 nitrogen and oxygen atoms in total. The molecule has 78 valence electrons. The van der Waals surface area contributed by atoms with Gasteiger partial charge in [0.05, 0.1) is 0 Å². The van der Waals surface area contributed by atoms with E-state index in [4.69, 9.17) is 0 Å². The zero-order valence-electron chi connectivity index (χ0n) is 8.43. The van der Waals surface area contributed by atoms with Gasteiger partial charge in [-0.2, -0.15) is 0 Å². The van der Waals surface area contributed by atoms with Crippen LogP contribution in [-0.2, 0) is 6.51 Å². The van der Waals surface area contributed by atoms with E-state index < -0.39 is 6.51 Å². The van der Waals surface area contributed by atoms with Crippen molar-refractivity contribution in [3.63, 3.8) is 0 Å². The number of halogens is 1. The molecule has 2 heteroatoms. The molecule has 10 aliphatic heterocycles. The first-order valence-corrected chi connectivity index (χ1v) is 13.2. The first kappa shape index (κ1) is 5.43. The number of hydrogen-bond donors (Lipinski definition) is 0. The van der Waals surface area contributed by atoms with Crippen LogP contribution in [-0.4, -0.2) is 6.38 Å². The van der Waals surface area contributed by atoms with Crippen LogP contribution in [0.25, 0.3) is 0 Å². The number of alkyl halides is 1. The molecule has 0 aliphatic carbocycles. The summed E-state index contributed by atoms with van der Waals surface area (Å²) in [6, 6.07) is 0. The van der Waals surface area contributed by atoms with Crippen LogP contribution in [0.5, 0.6) is 0 Å². The molecule has 0 saturated carbocycles. The summed E-state index contributed by atoms with van der Waals surface area (Å²) in [6.45, 7) is 0.365. The number of fused-ring (bicyclic) bond motifs is 10. The fourth-order valence-corrected chi connectivity index (χ4v) is 92.6. The van der Waals surface area contributed by atoms with Crippen molar-refractivity contribution in [1.29, 1.82) is 0 Å². The van der Waals surface area contributed by atoms with Gasteiger partial charge in [0.15, 0.2) is 0 Å². The Labute approximate surface area is 79.0 Å². The normalized spacial score (nSPS) is 141. The molecule has 0 N–H and O–H groups in total. The summed E-state index contributed by atoms with van der Waals surface area (Å²) in [5, 5.41) is 0. The molecule has 1 spiro atoms. The topological polar surface area (TPSA) is 0 Å². The van der Waals surface area contributed by atoms with Crippen LogP contribution in [0.15, 0.2) is 0 Å². The Hall–Kier alpha value is 0.809. The van der Waals surface area contributed by atoms with Crippen molar-refractivity contribution in [1.82, 2.24) is 0 Å². The van der Waals surface area contributed by atoms with Gasteiger partial charge < -0.3 is 0 Å². The molecule has 0 aromatic carbocycles. The van der Waals surface area contributed by atoms with Crippen molar-refractivity contribution in [2.24, 2.45) is 0 Å². The molecule has 14 heavy (non-hydrogen) atoms. The van der Waals surface area contributed by atoms with E-state index in [2.05, 4.69) is 18.5 Å². The van der Waals surface area contributed by atoms with Gasteiger partial charge in [-0.05, 0) is 0 Å². The molecule has 4 unspecified atom stereocenters. The number of rotatable bonds is 0. The van der Waals surface area contributed by atoms with Gasteiger partial charge in [-0.15, -0.1) is 11.6 Å². The van der Waals surface area contributed by atoms with Crippen LogP contribution in [0.4, 0.5) is 0 Å². The molecule has 10 fully saturated rings. The van der Waals surface area contributed by atoms with E-state index in [1.165, 1.54) is 20.3 Å². The average Bonchev–Trinajstić information content (AvgIpc) is 3.14. The molecule has 4 atom stereocenters. The molecule has 0 bridgehead atoms. The predicted molar refractivity (Wildman–Crippen MR) is 53.9 cm³/mol. The second-order valence-electron chi connectivity index (χ2n) is 10.1. The van der Waals surface area contributed by atoms with Gasteiger partial charge in [0.1, 0.15) is 0 Å². The Morgan fingerprint density at radius 3 is 1.14 bits per heavy atom. The van der Waals surface area contributed by atoms with Crippen molar-refractivity contribution in [2.75, 3.05) is 6.38 Å². The summed E-state index contributed by atoms with van der Waals surface area (Å²) in [5.74, 6) is 0. The first-order valence-electron chi connectivity index (χ1n) is 6.14. The predicted octanol–water partition coefficient (Wildman–Crippen LogP) is 4.62. The van der Waals surface area contributed by atoms with E-state index in [1.54, 1.807) is 33.7 Å². The minimum absolute atomic E-state index is 1.19. The standard InChI is InChI=1S/C6H7.C5H5.CH3Cl.Fe/c1-6-4-2-3-5-6;1-2-4-5-3-1;1-2;/h2-5H,1H3;1-5H;1H3;. The monoisotopic (exact) mass is 250 g/mol. The first-order chi connectivity index (χ1) is 6.55. The van der Waals surface area contributed by atoms with Crippen molar-refractivity contribution in [3.8, 4) is 0 Å². The van der Waals surface area contributed by atoms with Gasteiger partial charge in [-0.3, -0.25) is 0 Å². The molecule has 10 heterocycles. The van der Waals surface area contributed by atoms with Crippen LogP contribution in [0, 0.1) is 0 Å². The van der Waals surface area contributed by atoms with Gasteiger partial charge in [0.2, 0.25) is 0 Å². The van der Waals surface area contributed by atoms with E-state index in [9.17, 15) is 0 Å². The third kappa shape index (κ3) is 0.0391. The SMILES string of the molecule is CCl.C[C]12[CH]3[CH]4[CH]5[CH]1[Fe]45321678[CH]2[CH]1[CH]6[CH]7[CH]28. The van der Waals surface area contributed by atoms with Gasteiger partial charge in [-0.25, -0.2) is 0 Å². The van der Waals surface area contributed by atoms with Crippen LogP contribution in [0.2, 0.25) is 47.7 Å². The second-order valence-corrected chi connectivity index (χ2v) is 33.9. The fraction of sp³-hybridized carbons (Fsp3) is 1.00. The molecule has 0 aromatic heterocycles. The van der Waals surface area contributed by atoms with Crippen LogP contribution in [0.1, 0.15) is 6.92 Å². The van der Waals surface area contributed by atoms with Crippen molar-refractivity contribution in [2.45, 2.75) is 54.6 Å². The van der Waals surface area contributed by atoms with E-state index in [0.717, 1.165) is 0 Å². The van der Waals surface area contributed by atoms with Gasteiger partial charge in [0.25, 0.3) is 0 Å². The Morgan fingerprint density at radius 2 is 1.14 bits per heavy atom. The third-order valence-electron chi connectivity index (χ3n) is 15.4. The minimum atomic E-state index is -2.45. The van der Waals surface area contributed by atoms with Crippen molar-refractivity contribution in [3.05, 3.63) is 0 Å². The molecule has 10 aliphatic rings. The zero-order chi connectivity index (χ0) is 9.01. The van der Waals surface area contributed by atoms with E-state index in [1.807, 2.05) is 0 Å². The number of hydrogen-bond acceptors (Lipinski definition) is 0. The van der Waals surface area contributed by atoms with Crippen LogP contribution in [0.3, 0.4) is 0 Å². The molecule has 10 rings (SSSR count). The Bertz CT molecular complexity index is 755. The van der Waals surface area contributed by atoms with E-state index in [-0.39, 0.29) is 0 Å². The average molecular weight is 251 g/mol. The third-order valence-corrected chi connectivity index (χ3v) is 59.2. The summed E-state index contributed by atoms with van der Waals surface area (Å²) in [7, 11) is 0. The molecule has 0 radical (unpaired) electrons. The zero-order valence-corrected chi connectivity index (χ0v) is 10.3. The quantitative estimate of drug-likeness (QED) is 0.435. The van der Waals surface area contributed by atoms with E-state index >= 15 is 0 Å². The van der Waals surface area contributed by atoms with Gasteiger partial charge in [-0.1, -0.05) is 0 Å². The summed E-state index contributed by atoms with van der Waals surface area (Å²) >= 11 is 4.64. The van der Waals surface area contributed by atoms with Crippen molar-refractivity contribution >= 4 is 11.6 Å². The fourth-order valence-electron chi connectivity index (χ4n) is 17.3. The van der Waals surface area contributed by atoms with Crippen molar-refractivity contribution < 1.29 is 6.51 Å². The Balaban J connectivity index is 0.000000233. The second kappa shape index (κ2) is 0.365. The summed E-state index contributed by atoms with van der Waals surface area (Å²) < 4.78 is 1.19.